The Kier molecular flexibility index (Phi) is 9.37. The molecule has 0 bridgehead atoms. The van der Waals surface area contributed by atoms with Gasteiger partial charge in [-0.05, 0) is 43.2 Å². The molecular weight excluding hydrogens is 479 g/mol. The van der Waals surface area contributed by atoms with Crippen LogP contribution in [0.4, 0.5) is 5.69 Å². The zero-order valence-corrected chi connectivity index (χ0v) is 19.5. The van der Waals surface area contributed by atoms with Crippen molar-refractivity contribution in [2.75, 3.05) is 51.3 Å². The fraction of sp³-hybridized carbons (Fsp3) is 0.409. The van der Waals surface area contributed by atoms with Crippen LogP contribution in [0.3, 0.4) is 0 Å². The van der Waals surface area contributed by atoms with Gasteiger partial charge >= 0.3 is 0 Å². The molecule has 2 N–H and O–H groups in total. The lowest BCUT2D eigenvalue weighted by Gasteiger charge is -2.38. The second kappa shape index (κ2) is 11.7. The topological polar surface area (TPSA) is 60.3 Å². The molecule has 1 heterocycles. The van der Waals surface area contributed by atoms with E-state index in [-0.39, 0.29) is 24.0 Å². The van der Waals surface area contributed by atoms with Gasteiger partial charge in [0, 0.05) is 39.3 Å². The number of hydrogen-bond donors (Lipinski definition) is 2. The van der Waals surface area contributed by atoms with Gasteiger partial charge in [0.15, 0.2) is 5.96 Å². The third-order valence-electron chi connectivity index (χ3n) is 4.91. The molecule has 0 atom stereocenters. The monoisotopic (exact) mass is 510 g/mol. The summed E-state index contributed by atoms with van der Waals surface area (Å²) < 4.78 is 5.51. The summed E-state index contributed by atoms with van der Waals surface area (Å²) in [5, 5.41) is 13.0. The van der Waals surface area contributed by atoms with Gasteiger partial charge in [0.05, 0.1) is 12.8 Å². The van der Waals surface area contributed by atoms with Crippen LogP contribution in [0, 0.1) is 0 Å². The molecule has 0 unspecified atom stereocenters. The van der Waals surface area contributed by atoms with Crippen molar-refractivity contribution in [1.29, 1.82) is 0 Å². The van der Waals surface area contributed by atoms with Crippen LogP contribution >= 0.6 is 24.0 Å². The molecular formula is C22H31IN4O2. The van der Waals surface area contributed by atoms with Crippen molar-refractivity contribution < 1.29 is 9.84 Å². The third-order valence-corrected chi connectivity index (χ3v) is 4.91. The van der Waals surface area contributed by atoms with Gasteiger partial charge in [0.2, 0.25) is 0 Å². The van der Waals surface area contributed by atoms with E-state index in [1.165, 1.54) is 0 Å². The lowest BCUT2D eigenvalue weighted by Crippen LogP contribution is -2.52. The van der Waals surface area contributed by atoms with Gasteiger partial charge in [-0.2, -0.15) is 0 Å². The Hall–Kier alpha value is -2.16. The molecule has 0 saturated carbocycles. The first-order valence-corrected chi connectivity index (χ1v) is 9.90. The van der Waals surface area contributed by atoms with E-state index in [4.69, 9.17) is 9.73 Å². The van der Waals surface area contributed by atoms with E-state index in [0.29, 0.717) is 12.3 Å². The number of nitrogens with zero attached hydrogens (tertiary/aromatic N) is 3. The Labute approximate surface area is 190 Å². The lowest BCUT2D eigenvalue weighted by molar-refractivity contribution is 0.367. The maximum atomic E-state index is 9.60. The van der Waals surface area contributed by atoms with Crippen LogP contribution < -0.4 is 15.0 Å². The highest BCUT2D eigenvalue weighted by Crippen LogP contribution is 2.28. The highest BCUT2D eigenvalue weighted by molar-refractivity contribution is 14.0. The van der Waals surface area contributed by atoms with E-state index in [0.717, 1.165) is 62.1 Å². The van der Waals surface area contributed by atoms with Crippen molar-refractivity contribution in [3.63, 3.8) is 0 Å². The van der Waals surface area contributed by atoms with Crippen molar-refractivity contribution in [2.24, 2.45) is 4.99 Å². The van der Waals surface area contributed by atoms with Crippen LogP contribution in [0.25, 0.3) is 0 Å². The number of nitrogens with one attached hydrogen (secondary N) is 1. The zero-order chi connectivity index (χ0) is 19.8. The summed E-state index contributed by atoms with van der Waals surface area (Å²) >= 11 is 0. The van der Waals surface area contributed by atoms with E-state index < -0.39 is 0 Å². The molecule has 6 nitrogen and oxygen atoms in total. The summed E-state index contributed by atoms with van der Waals surface area (Å²) in [5.74, 6) is 2.19. The number of benzene rings is 2. The molecule has 0 spiro atoms. The Morgan fingerprint density at radius 1 is 1.10 bits per heavy atom. The van der Waals surface area contributed by atoms with Crippen molar-refractivity contribution in [3.8, 4) is 11.5 Å². The number of methoxy groups -OCH3 is 1. The molecule has 1 aliphatic heterocycles. The third kappa shape index (κ3) is 6.42. The summed E-state index contributed by atoms with van der Waals surface area (Å²) in [5.41, 5.74) is 2.25. The fourth-order valence-corrected chi connectivity index (χ4v) is 3.48. The van der Waals surface area contributed by atoms with E-state index in [1.807, 2.05) is 24.3 Å². The number of para-hydroxylation sites is 2. The number of phenols is 1. The first-order valence-electron chi connectivity index (χ1n) is 9.90. The summed E-state index contributed by atoms with van der Waals surface area (Å²) in [4.78, 5) is 9.48. The van der Waals surface area contributed by atoms with Gasteiger partial charge in [0.1, 0.15) is 11.5 Å². The molecule has 1 saturated heterocycles. The number of anilines is 1. The normalized spacial score (nSPS) is 14.3. The molecule has 3 rings (SSSR count). The average Bonchev–Trinajstić information content (AvgIpc) is 2.73. The number of piperazine rings is 1. The first kappa shape index (κ1) is 23.1. The highest BCUT2D eigenvalue weighted by atomic mass is 127. The Balaban J connectivity index is 0.00000300. The van der Waals surface area contributed by atoms with E-state index in [2.05, 4.69) is 34.2 Å². The summed E-state index contributed by atoms with van der Waals surface area (Å²) in [7, 11) is 1.72. The van der Waals surface area contributed by atoms with Crippen LogP contribution in [-0.2, 0) is 6.42 Å². The van der Waals surface area contributed by atoms with E-state index >= 15 is 0 Å². The van der Waals surface area contributed by atoms with Gasteiger partial charge in [-0.25, -0.2) is 0 Å². The minimum absolute atomic E-state index is 0. The number of aromatic hydroxyl groups is 1. The molecule has 0 aromatic heterocycles. The average molecular weight is 510 g/mol. The number of guanidine groups is 1. The lowest BCUT2D eigenvalue weighted by atomic mass is 10.1. The largest absolute Gasteiger partial charge is 0.508 e. The minimum atomic E-state index is 0. The molecule has 1 fully saturated rings. The quantitative estimate of drug-likeness (QED) is 0.355. The predicted octanol–water partition coefficient (Wildman–Crippen LogP) is 3.35. The van der Waals surface area contributed by atoms with E-state index in [9.17, 15) is 5.11 Å². The molecule has 0 radical (unpaired) electrons. The van der Waals surface area contributed by atoms with Crippen molar-refractivity contribution in [1.82, 2.24) is 10.2 Å². The number of hydrogen-bond acceptors (Lipinski definition) is 4. The maximum Gasteiger partial charge on any atom is 0.194 e. The van der Waals surface area contributed by atoms with Crippen LogP contribution in [0.5, 0.6) is 11.5 Å². The van der Waals surface area contributed by atoms with Gasteiger partial charge in [-0.3, -0.25) is 4.99 Å². The van der Waals surface area contributed by atoms with Crippen LogP contribution in [0.15, 0.2) is 53.5 Å². The molecule has 0 amide bonds. The van der Waals surface area contributed by atoms with Gasteiger partial charge in [-0.1, -0.05) is 24.3 Å². The first-order chi connectivity index (χ1) is 13.7. The second-order valence-electron chi connectivity index (χ2n) is 6.80. The van der Waals surface area contributed by atoms with Crippen LogP contribution in [0.1, 0.15) is 12.5 Å². The molecule has 2 aromatic rings. The van der Waals surface area contributed by atoms with Gasteiger partial charge < -0.3 is 25.0 Å². The summed E-state index contributed by atoms with van der Waals surface area (Å²) in [6, 6.07) is 15.6. The number of aliphatic imine (C=N–C) groups is 1. The van der Waals surface area contributed by atoms with Crippen molar-refractivity contribution in [3.05, 3.63) is 54.1 Å². The van der Waals surface area contributed by atoms with Crippen molar-refractivity contribution >= 4 is 35.6 Å². The van der Waals surface area contributed by atoms with Crippen LogP contribution in [0.2, 0.25) is 0 Å². The zero-order valence-electron chi connectivity index (χ0n) is 17.2. The number of ether oxygens (including phenoxy) is 1. The molecule has 158 valence electrons. The number of halogens is 1. The molecule has 1 aliphatic rings. The molecule has 7 heteroatoms. The Morgan fingerprint density at radius 2 is 1.86 bits per heavy atom. The number of rotatable bonds is 6. The van der Waals surface area contributed by atoms with Crippen molar-refractivity contribution in [2.45, 2.75) is 13.3 Å². The second-order valence-corrected chi connectivity index (χ2v) is 6.80. The van der Waals surface area contributed by atoms with Gasteiger partial charge in [0.25, 0.3) is 0 Å². The molecule has 29 heavy (non-hydrogen) atoms. The SMILES string of the molecule is CCNC(=NCCc1cccc(O)c1)N1CCN(c2ccccc2OC)CC1.I. The van der Waals surface area contributed by atoms with E-state index in [1.54, 1.807) is 19.2 Å². The Morgan fingerprint density at radius 3 is 2.55 bits per heavy atom. The highest BCUT2D eigenvalue weighted by Gasteiger charge is 2.21. The fourth-order valence-electron chi connectivity index (χ4n) is 3.48. The van der Waals surface area contributed by atoms with Crippen LogP contribution in [-0.4, -0.2) is 62.3 Å². The standard InChI is InChI=1S/C22H30N4O2.HI/c1-3-23-22(24-12-11-18-7-6-8-19(27)17-18)26-15-13-25(14-16-26)20-9-4-5-10-21(20)28-2;/h4-10,17,27H,3,11-16H2,1-2H3,(H,23,24);1H. The maximum absolute atomic E-state index is 9.60. The van der Waals surface area contributed by atoms with Gasteiger partial charge in [-0.15, -0.1) is 24.0 Å². The Bertz CT molecular complexity index is 792. The molecule has 2 aromatic carbocycles. The predicted molar refractivity (Wildman–Crippen MR) is 130 cm³/mol. The summed E-state index contributed by atoms with van der Waals surface area (Å²) in [6.07, 6.45) is 0.810. The number of phenolic OH excluding ortho intramolecular Hbond substituents is 1. The minimum Gasteiger partial charge on any atom is -0.508 e. The smallest absolute Gasteiger partial charge is 0.194 e. The summed E-state index contributed by atoms with van der Waals surface area (Å²) in [6.45, 7) is 7.31. The molecule has 0 aliphatic carbocycles.